The molecule has 3 amide bonds. The van der Waals surface area contributed by atoms with E-state index in [1.54, 1.807) is 6.08 Å². The molecule has 0 saturated carbocycles. The molecule has 2 unspecified atom stereocenters. The number of nitrogens with zero attached hydrogens (tertiary/aromatic N) is 2. The number of allylic oxidation sites excluding steroid dienone is 5. The van der Waals surface area contributed by atoms with Gasteiger partial charge in [0.25, 0.3) is 11.8 Å². The molecular formula is C29H39FN2O8. The monoisotopic (exact) mass is 562 g/mol. The van der Waals surface area contributed by atoms with Gasteiger partial charge in [-0.05, 0) is 59.1 Å². The molecule has 3 heterocycles. The van der Waals surface area contributed by atoms with Crippen molar-refractivity contribution in [3.8, 4) is 0 Å². The van der Waals surface area contributed by atoms with Crippen molar-refractivity contribution >= 4 is 23.9 Å². The van der Waals surface area contributed by atoms with Crippen LogP contribution in [0.2, 0.25) is 0 Å². The first kappa shape index (κ1) is 31.2. The van der Waals surface area contributed by atoms with Crippen molar-refractivity contribution in [3.05, 3.63) is 47.9 Å². The van der Waals surface area contributed by atoms with E-state index >= 15 is 0 Å². The molecule has 0 radical (unpaired) electrons. The van der Waals surface area contributed by atoms with Gasteiger partial charge in [-0.1, -0.05) is 24.8 Å². The SMILES string of the molecule is C=C/C=C1/CN(C2CCC(=O)N(COC(=O)OCC3CC(C)(C)OCCC(C)(C)O3)C2=O)C(=O)/C1=C/C(F)=C/C. The molecule has 0 aromatic carbocycles. The minimum absolute atomic E-state index is 0.0402. The number of amides is 3. The van der Waals surface area contributed by atoms with Gasteiger partial charge in [0.2, 0.25) is 5.91 Å². The first-order valence-corrected chi connectivity index (χ1v) is 13.4. The number of hydrogen-bond acceptors (Lipinski definition) is 8. The largest absolute Gasteiger partial charge is 0.510 e. The molecule has 10 nitrogen and oxygen atoms in total. The molecule has 0 N–H and O–H groups in total. The first-order valence-electron chi connectivity index (χ1n) is 13.4. The van der Waals surface area contributed by atoms with Crippen molar-refractivity contribution < 1.29 is 42.5 Å². The minimum atomic E-state index is -1.06. The summed E-state index contributed by atoms with van der Waals surface area (Å²) < 4.78 is 36.4. The number of ether oxygens (including phenoxy) is 4. The molecule has 3 aliphatic rings. The van der Waals surface area contributed by atoms with Gasteiger partial charge in [-0.15, -0.1) is 0 Å². The van der Waals surface area contributed by atoms with Crippen molar-refractivity contribution in [1.29, 1.82) is 0 Å². The summed E-state index contributed by atoms with van der Waals surface area (Å²) in [5.41, 5.74) is -0.337. The van der Waals surface area contributed by atoms with Crippen LogP contribution in [-0.4, -0.2) is 83.5 Å². The average molecular weight is 563 g/mol. The first-order chi connectivity index (χ1) is 18.8. The predicted molar refractivity (Wildman–Crippen MR) is 143 cm³/mol. The van der Waals surface area contributed by atoms with Crippen molar-refractivity contribution in [2.45, 2.75) is 83.6 Å². The second-order valence-electron chi connectivity index (χ2n) is 11.2. The zero-order valence-electron chi connectivity index (χ0n) is 23.9. The van der Waals surface area contributed by atoms with Crippen LogP contribution < -0.4 is 0 Å². The van der Waals surface area contributed by atoms with E-state index in [-0.39, 0.29) is 31.6 Å². The number of halogens is 1. The second-order valence-corrected chi connectivity index (χ2v) is 11.2. The molecule has 40 heavy (non-hydrogen) atoms. The van der Waals surface area contributed by atoms with Crippen LogP contribution in [0.15, 0.2) is 47.9 Å². The van der Waals surface area contributed by atoms with Gasteiger partial charge in [0.05, 0.1) is 23.9 Å². The average Bonchev–Trinajstić information content (AvgIpc) is 3.15. The minimum Gasteiger partial charge on any atom is -0.431 e. The Kier molecular flexibility index (Phi) is 10.1. The highest BCUT2D eigenvalue weighted by Gasteiger charge is 2.44. The Labute approximate surface area is 234 Å². The Hall–Kier alpha value is -3.31. The molecule has 3 saturated heterocycles. The van der Waals surface area contributed by atoms with Gasteiger partial charge in [0.1, 0.15) is 18.5 Å². The summed E-state index contributed by atoms with van der Waals surface area (Å²) in [5.74, 6) is -2.36. The number of rotatable bonds is 7. The van der Waals surface area contributed by atoms with Crippen molar-refractivity contribution in [2.75, 3.05) is 26.5 Å². The van der Waals surface area contributed by atoms with Crippen molar-refractivity contribution in [2.24, 2.45) is 0 Å². The van der Waals surface area contributed by atoms with Gasteiger partial charge in [-0.3, -0.25) is 14.4 Å². The molecule has 3 fully saturated rings. The lowest BCUT2D eigenvalue weighted by Gasteiger charge is -2.39. The molecule has 0 aromatic rings. The third-order valence-electron chi connectivity index (χ3n) is 7.02. The lowest BCUT2D eigenvalue weighted by molar-refractivity contribution is -0.169. The molecule has 0 spiro atoms. The lowest BCUT2D eigenvalue weighted by atomic mass is 9.97. The van der Waals surface area contributed by atoms with Crippen LogP contribution in [0.1, 0.15) is 60.3 Å². The maximum Gasteiger partial charge on any atom is 0.510 e. The zero-order chi connectivity index (χ0) is 29.7. The van der Waals surface area contributed by atoms with E-state index < -0.39 is 59.8 Å². The lowest BCUT2D eigenvalue weighted by Crippen LogP contribution is -2.55. The summed E-state index contributed by atoms with van der Waals surface area (Å²) in [7, 11) is 0. The van der Waals surface area contributed by atoms with E-state index in [9.17, 15) is 23.6 Å². The van der Waals surface area contributed by atoms with E-state index in [2.05, 4.69) is 6.58 Å². The fourth-order valence-corrected chi connectivity index (χ4v) is 4.94. The fraction of sp³-hybridized carbons (Fsp3) is 0.586. The molecule has 11 heteroatoms. The molecule has 0 aliphatic carbocycles. The van der Waals surface area contributed by atoms with E-state index in [1.807, 2.05) is 27.7 Å². The van der Waals surface area contributed by atoms with E-state index in [0.717, 1.165) is 11.0 Å². The second kappa shape index (κ2) is 12.9. The molecule has 220 valence electrons. The molecule has 3 aliphatic heterocycles. The van der Waals surface area contributed by atoms with Gasteiger partial charge >= 0.3 is 6.16 Å². The Morgan fingerprint density at radius 2 is 1.90 bits per heavy atom. The summed E-state index contributed by atoms with van der Waals surface area (Å²) in [5, 5.41) is 0. The number of hydrogen-bond donors (Lipinski definition) is 0. The van der Waals surface area contributed by atoms with Crippen LogP contribution in [0.5, 0.6) is 0 Å². The number of likely N-dealkylation sites (tertiary alicyclic amines) is 2. The third-order valence-corrected chi connectivity index (χ3v) is 7.02. The number of imide groups is 1. The van der Waals surface area contributed by atoms with E-state index in [1.165, 1.54) is 24.0 Å². The number of piperidine rings is 1. The highest BCUT2D eigenvalue weighted by Crippen LogP contribution is 2.31. The van der Waals surface area contributed by atoms with Crippen LogP contribution in [0.4, 0.5) is 9.18 Å². The highest BCUT2D eigenvalue weighted by molar-refractivity contribution is 6.07. The normalized spacial score (nSPS) is 27.6. The van der Waals surface area contributed by atoms with Gasteiger partial charge in [0.15, 0.2) is 6.73 Å². The van der Waals surface area contributed by atoms with E-state index in [4.69, 9.17) is 18.9 Å². The maximum atomic E-state index is 14.0. The highest BCUT2D eigenvalue weighted by atomic mass is 19.1. The molecule has 2 atom stereocenters. The summed E-state index contributed by atoms with van der Waals surface area (Å²) in [4.78, 5) is 53.4. The third kappa shape index (κ3) is 7.88. The zero-order valence-corrected chi connectivity index (χ0v) is 23.9. The predicted octanol–water partition coefficient (Wildman–Crippen LogP) is 4.12. The summed E-state index contributed by atoms with van der Waals surface area (Å²) >= 11 is 0. The van der Waals surface area contributed by atoms with Crippen LogP contribution in [0.25, 0.3) is 0 Å². The quantitative estimate of drug-likeness (QED) is 0.259. The summed E-state index contributed by atoms with van der Waals surface area (Å²) in [6.45, 7) is 12.7. The summed E-state index contributed by atoms with van der Waals surface area (Å²) in [6.07, 6.45) is 5.08. The van der Waals surface area contributed by atoms with Crippen LogP contribution in [-0.2, 0) is 33.3 Å². The molecule has 3 rings (SSSR count). The Morgan fingerprint density at radius 1 is 1.18 bits per heavy atom. The molecule has 0 bridgehead atoms. The smallest absolute Gasteiger partial charge is 0.431 e. The van der Waals surface area contributed by atoms with E-state index in [0.29, 0.717) is 25.0 Å². The summed E-state index contributed by atoms with van der Waals surface area (Å²) in [6, 6.07) is -0.981. The van der Waals surface area contributed by atoms with Crippen molar-refractivity contribution in [3.63, 3.8) is 0 Å². The molecular weight excluding hydrogens is 523 g/mol. The van der Waals surface area contributed by atoms with Crippen LogP contribution in [0.3, 0.4) is 0 Å². The van der Waals surface area contributed by atoms with Gasteiger partial charge in [-0.2, -0.15) is 0 Å². The Bertz CT molecular complexity index is 1110. The maximum absolute atomic E-state index is 14.0. The van der Waals surface area contributed by atoms with Gasteiger partial charge in [-0.25, -0.2) is 14.1 Å². The van der Waals surface area contributed by atoms with Crippen LogP contribution in [0, 0.1) is 0 Å². The number of carbonyl (C=O) groups is 4. The Balaban J connectivity index is 1.62. The molecule has 0 aromatic heterocycles. The topological polar surface area (TPSA) is 112 Å². The standard InChI is InChI=1S/C29H39FN2O8/c1-7-9-19-16-31(25(34)22(19)14-20(30)8-2)23-10-11-24(33)32(26(23)35)18-38-27(36)37-17-21-15-29(5,6)39-13-12-28(3,4)40-21/h7-9,14,21,23H,1,10-13,15-18H2,2-6H3/b19-9-,20-8-,22-14+. The van der Waals surface area contributed by atoms with Crippen LogP contribution >= 0.6 is 0 Å². The van der Waals surface area contributed by atoms with Gasteiger partial charge in [0, 0.05) is 25.0 Å². The van der Waals surface area contributed by atoms with Crippen molar-refractivity contribution in [1.82, 2.24) is 9.80 Å². The number of carbonyl (C=O) groups excluding carboxylic acids is 4. The fourth-order valence-electron chi connectivity index (χ4n) is 4.94. The Morgan fingerprint density at radius 3 is 2.58 bits per heavy atom. The van der Waals surface area contributed by atoms with Gasteiger partial charge < -0.3 is 23.8 Å².